The van der Waals surface area contributed by atoms with E-state index in [0.717, 1.165) is 18.6 Å². The first-order chi connectivity index (χ1) is 7.86. The minimum Gasteiger partial charge on any atom is -0.399 e. The van der Waals surface area contributed by atoms with Crippen molar-refractivity contribution in [1.29, 1.82) is 0 Å². The van der Waals surface area contributed by atoms with Crippen LogP contribution >= 0.6 is 0 Å². The highest BCUT2D eigenvalue weighted by Crippen LogP contribution is 2.39. The fourth-order valence-corrected chi connectivity index (χ4v) is 1.97. The molecule has 0 aliphatic carbocycles. The molecule has 0 N–H and O–H groups in total. The third-order valence-corrected chi connectivity index (χ3v) is 3.91. The van der Waals surface area contributed by atoms with E-state index in [2.05, 4.69) is 57.9 Å². The van der Waals surface area contributed by atoms with Crippen LogP contribution in [-0.4, -0.2) is 36.3 Å². The molecule has 1 fully saturated rings. The average Bonchev–Trinajstić information content (AvgIpc) is 2.48. The standard InChI is InChI=1S/C13H22BNO2/c1-6-15-9-7-8-11(10-15)14-16-12(2,3)13(4,5)17-14/h7-8,10H,6,9H2,1-5H3. The molecule has 0 radical (unpaired) electrons. The molecular weight excluding hydrogens is 213 g/mol. The third kappa shape index (κ3) is 2.29. The first-order valence-electron chi connectivity index (χ1n) is 6.34. The second-order valence-corrected chi connectivity index (χ2v) is 5.71. The van der Waals surface area contributed by atoms with Gasteiger partial charge in [0.1, 0.15) is 0 Å². The van der Waals surface area contributed by atoms with Crippen molar-refractivity contribution in [2.45, 2.75) is 45.8 Å². The lowest BCUT2D eigenvalue weighted by atomic mass is 9.77. The maximum atomic E-state index is 6.03. The van der Waals surface area contributed by atoms with Crippen LogP contribution in [0.25, 0.3) is 0 Å². The van der Waals surface area contributed by atoms with Crippen LogP contribution in [0.1, 0.15) is 34.6 Å². The van der Waals surface area contributed by atoms with E-state index < -0.39 is 0 Å². The molecule has 0 aromatic rings. The molecular formula is C13H22BNO2. The Balaban J connectivity index is 2.16. The topological polar surface area (TPSA) is 21.7 Å². The van der Waals surface area contributed by atoms with E-state index in [1.165, 1.54) is 0 Å². The second-order valence-electron chi connectivity index (χ2n) is 5.71. The zero-order valence-corrected chi connectivity index (χ0v) is 11.5. The molecule has 0 spiro atoms. The first-order valence-corrected chi connectivity index (χ1v) is 6.34. The highest BCUT2D eigenvalue weighted by molar-refractivity contribution is 6.55. The Morgan fingerprint density at radius 1 is 1.24 bits per heavy atom. The van der Waals surface area contributed by atoms with Gasteiger partial charge in [-0.05, 0) is 46.3 Å². The summed E-state index contributed by atoms with van der Waals surface area (Å²) in [6.07, 6.45) is 6.40. The fraction of sp³-hybridized carbons (Fsp3) is 0.692. The van der Waals surface area contributed by atoms with Gasteiger partial charge in [-0.25, -0.2) is 0 Å². The lowest BCUT2D eigenvalue weighted by Crippen LogP contribution is -2.41. The maximum absolute atomic E-state index is 6.03. The van der Waals surface area contributed by atoms with Gasteiger partial charge >= 0.3 is 7.12 Å². The Morgan fingerprint density at radius 2 is 1.82 bits per heavy atom. The quantitative estimate of drug-likeness (QED) is 0.686. The molecule has 0 aromatic carbocycles. The van der Waals surface area contributed by atoms with Gasteiger partial charge in [-0.3, -0.25) is 0 Å². The van der Waals surface area contributed by atoms with Crippen molar-refractivity contribution in [2.24, 2.45) is 0 Å². The van der Waals surface area contributed by atoms with E-state index >= 15 is 0 Å². The molecule has 0 saturated carbocycles. The fourth-order valence-electron chi connectivity index (χ4n) is 1.97. The van der Waals surface area contributed by atoms with E-state index in [-0.39, 0.29) is 18.3 Å². The van der Waals surface area contributed by atoms with Crippen LogP contribution in [-0.2, 0) is 9.31 Å². The second kappa shape index (κ2) is 4.18. The number of likely N-dealkylation sites (N-methyl/N-ethyl adjacent to an activating group) is 1. The minimum atomic E-state index is -0.263. The first kappa shape index (κ1) is 12.7. The van der Waals surface area contributed by atoms with Crippen LogP contribution in [0.5, 0.6) is 0 Å². The van der Waals surface area contributed by atoms with Gasteiger partial charge in [-0.1, -0.05) is 12.2 Å². The molecule has 0 unspecified atom stereocenters. The average molecular weight is 235 g/mol. The Labute approximate surface area is 105 Å². The summed E-state index contributed by atoms with van der Waals surface area (Å²) in [5, 5.41) is 0. The predicted octanol–water partition coefficient (Wildman–Crippen LogP) is 2.39. The van der Waals surface area contributed by atoms with E-state index in [0.29, 0.717) is 0 Å². The van der Waals surface area contributed by atoms with Gasteiger partial charge in [0.05, 0.1) is 11.2 Å². The van der Waals surface area contributed by atoms with Crippen LogP contribution in [0.2, 0.25) is 0 Å². The number of nitrogens with zero attached hydrogens (tertiary/aromatic N) is 1. The summed E-state index contributed by atoms with van der Waals surface area (Å²) in [6, 6.07) is 0. The van der Waals surface area contributed by atoms with E-state index in [9.17, 15) is 0 Å². The van der Waals surface area contributed by atoms with E-state index in [4.69, 9.17) is 9.31 Å². The molecule has 4 heteroatoms. The molecule has 0 amide bonds. The Hall–Kier alpha value is -0.735. The highest BCUT2D eigenvalue weighted by atomic mass is 16.7. The van der Waals surface area contributed by atoms with Crippen molar-refractivity contribution in [1.82, 2.24) is 4.90 Å². The summed E-state index contributed by atoms with van der Waals surface area (Å²) in [6.45, 7) is 12.5. The molecule has 2 rings (SSSR count). The van der Waals surface area contributed by atoms with Crippen LogP contribution < -0.4 is 0 Å². The molecule has 3 nitrogen and oxygen atoms in total. The SMILES string of the molecule is CCN1C=C(B2OC(C)(C)C(C)(C)O2)C=CC1. The van der Waals surface area contributed by atoms with Crippen LogP contribution in [0.3, 0.4) is 0 Å². The third-order valence-electron chi connectivity index (χ3n) is 3.91. The van der Waals surface area contributed by atoms with Gasteiger partial charge in [0.2, 0.25) is 0 Å². The zero-order chi connectivity index (χ0) is 12.7. The van der Waals surface area contributed by atoms with Crippen LogP contribution in [0.15, 0.2) is 23.8 Å². The largest absolute Gasteiger partial charge is 0.496 e. The molecule has 94 valence electrons. The van der Waals surface area contributed by atoms with Gasteiger partial charge < -0.3 is 14.2 Å². The molecule has 17 heavy (non-hydrogen) atoms. The molecule has 0 atom stereocenters. The molecule has 2 heterocycles. The molecule has 0 bridgehead atoms. The Kier molecular flexibility index (Phi) is 3.13. The van der Waals surface area contributed by atoms with Gasteiger partial charge in [0.25, 0.3) is 0 Å². The summed E-state index contributed by atoms with van der Waals surface area (Å²) >= 11 is 0. The molecule has 1 saturated heterocycles. The highest BCUT2D eigenvalue weighted by Gasteiger charge is 2.52. The maximum Gasteiger partial charge on any atom is 0.496 e. The lowest BCUT2D eigenvalue weighted by Gasteiger charge is -2.32. The molecule has 2 aliphatic heterocycles. The van der Waals surface area contributed by atoms with Crippen molar-refractivity contribution in [3.8, 4) is 0 Å². The molecule has 0 aromatic heterocycles. The molecule has 2 aliphatic rings. The van der Waals surface area contributed by atoms with Gasteiger partial charge in [-0.2, -0.15) is 0 Å². The normalized spacial score (nSPS) is 26.3. The smallest absolute Gasteiger partial charge is 0.399 e. The van der Waals surface area contributed by atoms with Crippen molar-refractivity contribution in [3.05, 3.63) is 23.8 Å². The van der Waals surface area contributed by atoms with Gasteiger partial charge in [-0.15, -0.1) is 0 Å². The number of hydrogen-bond donors (Lipinski definition) is 0. The monoisotopic (exact) mass is 235 g/mol. The van der Waals surface area contributed by atoms with Crippen LogP contribution in [0, 0.1) is 0 Å². The number of rotatable bonds is 2. The van der Waals surface area contributed by atoms with Gasteiger partial charge in [0, 0.05) is 13.1 Å². The Bertz CT molecular complexity index is 344. The lowest BCUT2D eigenvalue weighted by molar-refractivity contribution is 0.00578. The minimum absolute atomic E-state index is 0.245. The predicted molar refractivity (Wildman–Crippen MR) is 70.6 cm³/mol. The van der Waals surface area contributed by atoms with E-state index in [1.807, 2.05) is 0 Å². The summed E-state index contributed by atoms with van der Waals surface area (Å²) in [5.41, 5.74) is 0.582. The van der Waals surface area contributed by atoms with E-state index in [1.54, 1.807) is 0 Å². The number of allylic oxidation sites excluding steroid dienone is 2. The summed E-state index contributed by atoms with van der Waals surface area (Å²) < 4.78 is 12.1. The zero-order valence-electron chi connectivity index (χ0n) is 11.5. The van der Waals surface area contributed by atoms with Crippen molar-refractivity contribution in [2.75, 3.05) is 13.1 Å². The van der Waals surface area contributed by atoms with Crippen molar-refractivity contribution in [3.63, 3.8) is 0 Å². The van der Waals surface area contributed by atoms with Crippen molar-refractivity contribution >= 4 is 7.12 Å². The summed E-state index contributed by atoms with van der Waals surface area (Å²) in [5.74, 6) is 0. The van der Waals surface area contributed by atoms with Crippen LogP contribution in [0.4, 0.5) is 0 Å². The Morgan fingerprint density at radius 3 is 2.35 bits per heavy atom. The summed E-state index contributed by atoms with van der Waals surface area (Å²) in [7, 11) is -0.245. The van der Waals surface area contributed by atoms with Gasteiger partial charge in [0.15, 0.2) is 0 Å². The van der Waals surface area contributed by atoms with Crippen molar-refractivity contribution < 1.29 is 9.31 Å². The summed E-state index contributed by atoms with van der Waals surface area (Å²) in [4.78, 5) is 2.25. The number of hydrogen-bond acceptors (Lipinski definition) is 3.